The Hall–Kier alpha value is -0.570. The molecule has 0 bridgehead atoms. The molecule has 8 heavy (non-hydrogen) atoms. The molecule has 2 heterocycles. The standard InChI is InChI=1S/C5H9N3/c1-2-5-6-4-7-8(5)3-1/h4-5H,1-3H2,(H,6,7). The highest BCUT2D eigenvalue weighted by molar-refractivity contribution is 5.55. The number of aliphatic imine (C=N–C) groups is 1. The van der Waals surface area contributed by atoms with Crippen LogP contribution in [0.5, 0.6) is 0 Å². The summed E-state index contributed by atoms with van der Waals surface area (Å²) < 4.78 is 0. The zero-order chi connectivity index (χ0) is 5.40. The Morgan fingerprint density at radius 1 is 1.75 bits per heavy atom. The molecule has 2 rings (SSSR count). The maximum Gasteiger partial charge on any atom is 0.121 e. The van der Waals surface area contributed by atoms with Crippen LogP contribution in [0.1, 0.15) is 12.8 Å². The molecule has 1 atom stereocenters. The third-order valence-corrected chi connectivity index (χ3v) is 1.69. The Kier molecular flexibility index (Phi) is 0.784. The molecule has 0 saturated carbocycles. The summed E-state index contributed by atoms with van der Waals surface area (Å²) in [7, 11) is 0. The van der Waals surface area contributed by atoms with Gasteiger partial charge in [0.1, 0.15) is 6.17 Å². The van der Waals surface area contributed by atoms with Gasteiger partial charge in [-0.1, -0.05) is 0 Å². The van der Waals surface area contributed by atoms with Gasteiger partial charge in [0.25, 0.3) is 0 Å². The lowest BCUT2D eigenvalue weighted by Crippen LogP contribution is -2.33. The third-order valence-electron chi connectivity index (χ3n) is 1.69. The van der Waals surface area contributed by atoms with E-state index in [1.54, 1.807) is 6.34 Å². The summed E-state index contributed by atoms with van der Waals surface area (Å²) in [6.07, 6.45) is 4.76. The van der Waals surface area contributed by atoms with E-state index in [-0.39, 0.29) is 0 Å². The van der Waals surface area contributed by atoms with Crippen LogP contribution < -0.4 is 5.43 Å². The van der Waals surface area contributed by atoms with Crippen molar-refractivity contribution in [1.82, 2.24) is 10.4 Å². The molecule has 2 aliphatic heterocycles. The molecule has 2 aliphatic rings. The second kappa shape index (κ2) is 1.45. The Balaban J connectivity index is 2.13. The Labute approximate surface area is 48.4 Å². The van der Waals surface area contributed by atoms with Crippen LogP contribution in [0, 0.1) is 0 Å². The van der Waals surface area contributed by atoms with Gasteiger partial charge in [-0.05, 0) is 12.8 Å². The van der Waals surface area contributed by atoms with Gasteiger partial charge in [-0.3, -0.25) is 4.99 Å². The van der Waals surface area contributed by atoms with Gasteiger partial charge in [-0.15, -0.1) is 0 Å². The van der Waals surface area contributed by atoms with E-state index in [9.17, 15) is 0 Å². The monoisotopic (exact) mass is 111 g/mol. The van der Waals surface area contributed by atoms with E-state index >= 15 is 0 Å². The zero-order valence-electron chi connectivity index (χ0n) is 4.67. The molecule has 3 nitrogen and oxygen atoms in total. The third kappa shape index (κ3) is 0.448. The van der Waals surface area contributed by atoms with Crippen molar-refractivity contribution in [3.63, 3.8) is 0 Å². The fraction of sp³-hybridized carbons (Fsp3) is 0.800. The minimum Gasteiger partial charge on any atom is -0.307 e. The van der Waals surface area contributed by atoms with Crippen LogP contribution in [0.3, 0.4) is 0 Å². The first-order valence-electron chi connectivity index (χ1n) is 3.01. The molecule has 0 spiro atoms. The topological polar surface area (TPSA) is 27.6 Å². The fourth-order valence-electron chi connectivity index (χ4n) is 1.25. The van der Waals surface area contributed by atoms with Gasteiger partial charge in [0.15, 0.2) is 0 Å². The van der Waals surface area contributed by atoms with Crippen LogP contribution in [0.15, 0.2) is 4.99 Å². The van der Waals surface area contributed by atoms with Gasteiger partial charge in [-0.2, -0.15) is 5.01 Å². The number of fused-ring (bicyclic) bond motifs is 1. The number of hydrogen-bond donors (Lipinski definition) is 1. The lowest BCUT2D eigenvalue weighted by Gasteiger charge is -2.11. The van der Waals surface area contributed by atoms with Crippen molar-refractivity contribution in [2.75, 3.05) is 6.54 Å². The smallest absolute Gasteiger partial charge is 0.121 e. The average molecular weight is 111 g/mol. The fourth-order valence-corrected chi connectivity index (χ4v) is 1.25. The van der Waals surface area contributed by atoms with E-state index in [1.807, 2.05) is 0 Å². The summed E-state index contributed by atoms with van der Waals surface area (Å²) in [4.78, 5) is 4.19. The highest BCUT2D eigenvalue weighted by Crippen LogP contribution is 2.16. The predicted octanol–water partition coefficient (Wildman–Crippen LogP) is -0.0452. The van der Waals surface area contributed by atoms with Crippen molar-refractivity contribution in [3.8, 4) is 0 Å². The minimum atomic E-state index is 0.468. The largest absolute Gasteiger partial charge is 0.307 e. The molecule has 1 N–H and O–H groups in total. The molecule has 0 amide bonds. The Morgan fingerprint density at radius 3 is 3.62 bits per heavy atom. The number of nitrogens with zero attached hydrogens (tertiary/aromatic N) is 2. The Morgan fingerprint density at radius 2 is 2.75 bits per heavy atom. The summed E-state index contributed by atoms with van der Waals surface area (Å²) >= 11 is 0. The second-order valence-electron chi connectivity index (χ2n) is 2.22. The van der Waals surface area contributed by atoms with Crippen molar-refractivity contribution in [3.05, 3.63) is 0 Å². The van der Waals surface area contributed by atoms with Crippen LogP contribution in [-0.4, -0.2) is 24.1 Å². The van der Waals surface area contributed by atoms with Gasteiger partial charge in [0.2, 0.25) is 0 Å². The number of hydrogen-bond acceptors (Lipinski definition) is 3. The lowest BCUT2D eigenvalue weighted by molar-refractivity contribution is 0.250. The van der Waals surface area contributed by atoms with E-state index in [4.69, 9.17) is 0 Å². The zero-order valence-corrected chi connectivity index (χ0v) is 4.67. The van der Waals surface area contributed by atoms with Crippen LogP contribution >= 0.6 is 0 Å². The first-order valence-corrected chi connectivity index (χ1v) is 3.01. The molecule has 1 unspecified atom stereocenters. The van der Waals surface area contributed by atoms with Crippen molar-refractivity contribution in [1.29, 1.82) is 0 Å². The van der Waals surface area contributed by atoms with Crippen molar-refractivity contribution >= 4 is 6.34 Å². The summed E-state index contributed by atoms with van der Waals surface area (Å²) in [5.41, 5.74) is 3.06. The van der Waals surface area contributed by atoms with E-state index in [0.29, 0.717) is 6.17 Å². The van der Waals surface area contributed by atoms with Gasteiger partial charge < -0.3 is 5.43 Å². The highest BCUT2D eigenvalue weighted by Gasteiger charge is 2.25. The van der Waals surface area contributed by atoms with Gasteiger partial charge >= 0.3 is 0 Å². The molecule has 0 aliphatic carbocycles. The highest BCUT2D eigenvalue weighted by atomic mass is 15.6. The maximum atomic E-state index is 4.19. The molecule has 1 saturated heterocycles. The van der Waals surface area contributed by atoms with E-state index in [1.165, 1.54) is 12.8 Å². The Bertz CT molecular complexity index is 121. The number of nitrogens with one attached hydrogen (secondary N) is 1. The van der Waals surface area contributed by atoms with Gasteiger partial charge in [0.05, 0.1) is 6.34 Å². The number of rotatable bonds is 0. The van der Waals surface area contributed by atoms with Crippen LogP contribution in [0.25, 0.3) is 0 Å². The first-order chi connectivity index (χ1) is 3.97. The molecule has 0 aromatic heterocycles. The van der Waals surface area contributed by atoms with E-state index in [2.05, 4.69) is 15.4 Å². The SMILES string of the molecule is C1=NC2CCCN2N1. The molecule has 0 radical (unpaired) electrons. The summed E-state index contributed by atoms with van der Waals surface area (Å²) in [5.74, 6) is 0. The van der Waals surface area contributed by atoms with Crippen LogP contribution in [-0.2, 0) is 0 Å². The molecule has 44 valence electrons. The molecular formula is C5H9N3. The second-order valence-corrected chi connectivity index (χ2v) is 2.22. The van der Waals surface area contributed by atoms with Crippen LogP contribution in [0.2, 0.25) is 0 Å². The summed E-state index contributed by atoms with van der Waals surface area (Å²) in [6, 6.07) is 0. The molecular weight excluding hydrogens is 102 g/mol. The number of hydrazine groups is 1. The van der Waals surface area contributed by atoms with Gasteiger partial charge in [0, 0.05) is 6.54 Å². The molecule has 3 heteroatoms. The normalized spacial score (nSPS) is 35.2. The maximum absolute atomic E-state index is 4.19. The van der Waals surface area contributed by atoms with Crippen molar-refractivity contribution in [2.45, 2.75) is 19.0 Å². The average Bonchev–Trinajstić information content (AvgIpc) is 2.15. The minimum absolute atomic E-state index is 0.468. The van der Waals surface area contributed by atoms with Crippen molar-refractivity contribution in [2.24, 2.45) is 4.99 Å². The quantitative estimate of drug-likeness (QED) is 0.475. The first kappa shape index (κ1) is 4.32. The van der Waals surface area contributed by atoms with Crippen LogP contribution in [0.4, 0.5) is 0 Å². The van der Waals surface area contributed by atoms with E-state index < -0.39 is 0 Å². The van der Waals surface area contributed by atoms with E-state index in [0.717, 1.165) is 6.54 Å². The van der Waals surface area contributed by atoms with Gasteiger partial charge in [-0.25, -0.2) is 0 Å². The summed E-state index contributed by atoms with van der Waals surface area (Å²) in [6.45, 7) is 1.16. The molecule has 0 aromatic carbocycles. The lowest BCUT2D eigenvalue weighted by atomic mass is 10.3. The molecule has 0 aromatic rings. The molecule has 1 fully saturated rings. The predicted molar refractivity (Wildman–Crippen MR) is 31.4 cm³/mol. The summed E-state index contributed by atoms with van der Waals surface area (Å²) in [5, 5.41) is 2.17. The van der Waals surface area contributed by atoms with Crippen molar-refractivity contribution < 1.29 is 0 Å².